The van der Waals surface area contributed by atoms with Crippen molar-refractivity contribution in [3.05, 3.63) is 75.0 Å². The minimum absolute atomic E-state index is 0.0606. The Hall–Kier alpha value is -3.25. The first-order chi connectivity index (χ1) is 14.8. The molecule has 1 aliphatic heterocycles. The summed E-state index contributed by atoms with van der Waals surface area (Å²) in [6.07, 6.45) is 0.157. The molecule has 0 aliphatic carbocycles. The molecule has 0 fully saturated rings. The highest BCUT2D eigenvalue weighted by atomic mass is 32.1. The maximum atomic E-state index is 13.2. The summed E-state index contributed by atoms with van der Waals surface area (Å²) in [6, 6.07) is 13.7. The van der Waals surface area contributed by atoms with Crippen molar-refractivity contribution in [1.29, 1.82) is 0 Å². The SMILES string of the molecule is Cc1ccc(NC(=O)CN2C(=O)CC(c3cccs3)=Nc3cc(C)c(C)cc32)c(C)c1. The number of aryl methyl sites for hydroxylation is 4. The average Bonchev–Trinajstić information content (AvgIpc) is 3.21. The number of thiophene rings is 1. The van der Waals surface area contributed by atoms with E-state index in [9.17, 15) is 9.59 Å². The van der Waals surface area contributed by atoms with E-state index in [4.69, 9.17) is 4.99 Å². The van der Waals surface area contributed by atoms with E-state index in [1.807, 2.05) is 75.5 Å². The molecule has 2 heterocycles. The molecule has 0 bridgehead atoms. The van der Waals surface area contributed by atoms with E-state index in [0.717, 1.165) is 44.2 Å². The largest absolute Gasteiger partial charge is 0.324 e. The molecule has 0 radical (unpaired) electrons. The summed E-state index contributed by atoms with van der Waals surface area (Å²) in [6.45, 7) is 7.95. The standard InChI is InChI=1S/C25H25N3O2S/c1-15-7-8-19(18(4)10-15)27-24(29)14-28-22-12-17(3)16(2)11-20(22)26-21(13-25(28)30)23-6-5-9-31-23/h5-12H,13-14H2,1-4H3,(H,27,29). The first-order valence-electron chi connectivity index (χ1n) is 10.2. The van der Waals surface area contributed by atoms with Gasteiger partial charge in [0.25, 0.3) is 0 Å². The second-order valence-corrected chi connectivity index (χ2v) is 8.93. The maximum Gasteiger partial charge on any atom is 0.244 e. The number of anilines is 2. The number of benzene rings is 2. The fourth-order valence-electron chi connectivity index (χ4n) is 3.69. The van der Waals surface area contributed by atoms with Gasteiger partial charge in [-0.1, -0.05) is 23.8 Å². The lowest BCUT2D eigenvalue weighted by molar-refractivity contribution is -0.120. The minimum Gasteiger partial charge on any atom is -0.324 e. The van der Waals surface area contributed by atoms with Gasteiger partial charge in [-0.15, -0.1) is 11.3 Å². The number of hydrogen-bond acceptors (Lipinski definition) is 4. The molecule has 3 aromatic rings. The molecular weight excluding hydrogens is 406 g/mol. The first-order valence-corrected chi connectivity index (χ1v) is 11.1. The van der Waals surface area contributed by atoms with Crippen LogP contribution in [-0.2, 0) is 9.59 Å². The van der Waals surface area contributed by atoms with Crippen molar-refractivity contribution in [3.8, 4) is 0 Å². The van der Waals surface area contributed by atoms with Gasteiger partial charge >= 0.3 is 0 Å². The molecule has 6 heteroatoms. The number of rotatable bonds is 4. The summed E-state index contributed by atoms with van der Waals surface area (Å²) >= 11 is 1.56. The Bertz CT molecular complexity index is 1200. The Labute approximate surface area is 186 Å². The quantitative estimate of drug-likeness (QED) is 0.595. The third kappa shape index (κ3) is 4.44. The smallest absolute Gasteiger partial charge is 0.244 e. The van der Waals surface area contributed by atoms with Gasteiger partial charge in [-0.25, -0.2) is 4.99 Å². The van der Waals surface area contributed by atoms with Gasteiger partial charge in [0, 0.05) is 10.6 Å². The lowest BCUT2D eigenvalue weighted by atomic mass is 10.1. The lowest BCUT2D eigenvalue weighted by Gasteiger charge is -2.23. The van der Waals surface area contributed by atoms with Crippen molar-refractivity contribution in [2.75, 3.05) is 16.8 Å². The highest BCUT2D eigenvalue weighted by molar-refractivity contribution is 7.12. The Morgan fingerprint density at radius 3 is 2.55 bits per heavy atom. The second-order valence-electron chi connectivity index (χ2n) is 7.98. The molecule has 4 rings (SSSR count). The number of amides is 2. The molecule has 1 aliphatic rings. The summed E-state index contributed by atoms with van der Waals surface area (Å²) < 4.78 is 0. The normalized spacial score (nSPS) is 13.5. The number of carbonyl (C=O) groups excluding carboxylic acids is 2. The first kappa shape index (κ1) is 21.0. The van der Waals surface area contributed by atoms with Crippen LogP contribution in [-0.4, -0.2) is 24.1 Å². The second kappa shape index (κ2) is 8.47. The Kier molecular flexibility index (Phi) is 5.74. The van der Waals surface area contributed by atoms with Gasteiger partial charge in [-0.05, 0) is 74.0 Å². The fraction of sp³-hybridized carbons (Fsp3) is 0.240. The number of hydrogen-bond donors (Lipinski definition) is 1. The van der Waals surface area contributed by atoms with Crippen LogP contribution in [0.5, 0.6) is 0 Å². The van der Waals surface area contributed by atoms with Crippen LogP contribution in [0.4, 0.5) is 17.1 Å². The van der Waals surface area contributed by atoms with Crippen molar-refractivity contribution in [3.63, 3.8) is 0 Å². The van der Waals surface area contributed by atoms with E-state index in [1.165, 1.54) is 0 Å². The Morgan fingerprint density at radius 1 is 1.06 bits per heavy atom. The molecule has 0 saturated heterocycles. The van der Waals surface area contributed by atoms with E-state index in [-0.39, 0.29) is 24.8 Å². The topological polar surface area (TPSA) is 61.8 Å². The van der Waals surface area contributed by atoms with Crippen LogP contribution in [0, 0.1) is 27.7 Å². The molecule has 0 atom stereocenters. The van der Waals surface area contributed by atoms with Gasteiger partial charge in [-0.3, -0.25) is 9.59 Å². The van der Waals surface area contributed by atoms with Gasteiger partial charge in [0.15, 0.2) is 0 Å². The molecular formula is C25H25N3O2S. The van der Waals surface area contributed by atoms with Gasteiger partial charge < -0.3 is 10.2 Å². The molecule has 31 heavy (non-hydrogen) atoms. The monoisotopic (exact) mass is 431 g/mol. The van der Waals surface area contributed by atoms with E-state index in [0.29, 0.717) is 5.69 Å². The molecule has 1 N–H and O–H groups in total. The number of nitrogens with zero attached hydrogens (tertiary/aromatic N) is 2. The third-order valence-electron chi connectivity index (χ3n) is 5.52. The third-order valence-corrected chi connectivity index (χ3v) is 6.44. The van der Waals surface area contributed by atoms with Crippen LogP contribution >= 0.6 is 11.3 Å². The lowest BCUT2D eigenvalue weighted by Crippen LogP contribution is -2.38. The van der Waals surface area contributed by atoms with Crippen molar-refractivity contribution in [1.82, 2.24) is 0 Å². The van der Waals surface area contributed by atoms with Crippen molar-refractivity contribution >= 4 is 45.9 Å². The molecule has 0 unspecified atom stereocenters. The highest BCUT2D eigenvalue weighted by Crippen LogP contribution is 2.36. The molecule has 158 valence electrons. The predicted octanol–water partition coefficient (Wildman–Crippen LogP) is 5.48. The van der Waals surface area contributed by atoms with Crippen molar-refractivity contribution < 1.29 is 9.59 Å². The zero-order chi connectivity index (χ0) is 22.1. The molecule has 5 nitrogen and oxygen atoms in total. The minimum atomic E-state index is -0.232. The van der Waals surface area contributed by atoms with Crippen LogP contribution in [0.25, 0.3) is 0 Å². The van der Waals surface area contributed by atoms with Gasteiger partial charge in [-0.2, -0.15) is 0 Å². The van der Waals surface area contributed by atoms with Crippen molar-refractivity contribution in [2.45, 2.75) is 34.1 Å². The van der Waals surface area contributed by atoms with Crippen LogP contribution in [0.1, 0.15) is 33.6 Å². The summed E-state index contributed by atoms with van der Waals surface area (Å²) in [5.41, 5.74) is 7.17. The highest BCUT2D eigenvalue weighted by Gasteiger charge is 2.27. The summed E-state index contributed by atoms with van der Waals surface area (Å²) in [7, 11) is 0. The molecule has 1 aromatic heterocycles. The predicted molar refractivity (Wildman–Crippen MR) is 128 cm³/mol. The number of carbonyl (C=O) groups is 2. The number of fused-ring (bicyclic) bond motifs is 1. The number of aliphatic imine (C=N–C) groups is 1. The van der Waals surface area contributed by atoms with Crippen LogP contribution < -0.4 is 10.2 Å². The van der Waals surface area contributed by atoms with Gasteiger partial charge in [0.2, 0.25) is 11.8 Å². The van der Waals surface area contributed by atoms with Crippen molar-refractivity contribution in [2.24, 2.45) is 4.99 Å². The van der Waals surface area contributed by atoms with E-state index in [1.54, 1.807) is 16.2 Å². The average molecular weight is 432 g/mol. The van der Waals surface area contributed by atoms with Gasteiger partial charge in [0.1, 0.15) is 6.54 Å². The molecule has 0 spiro atoms. The van der Waals surface area contributed by atoms with E-state index < -0.39 is 0 Å². The molecule has 0 saturated carbocycles. The summed E-state index contributed by atoms with van der Waals surface area (Å²) in [4.78, 5) is 33.5. The van der Waals surface area contributed by atoms with Crippen LogP contribution in [0.3, 0.4) is 0 Å². The maximum absolute atomic E-state index is 13.2. The summed E-state index contributed by atoms with van der Waals surface area (Å²) in [5.74, 6) is -0.367. The molecule has 2 aromatic carbocycles. The van der Waals surface area contributed by atoms with E-state index in [2.05, 4.69) is 5.32 Å². The Morgan fingerprint density at radius 2 is 1.84 bits per heavy atom. The zero-order valence-corrected chi connectivity index (χ0v) is 19.0. The van der Waals surface area contributed by atoms with E-state index >= 15 is 0 Å². The Balaban J connectivity index is 1.66. The van der Waals surface area contributed by atoms with Crippen LogP contribution in [0.15, 0.2) is 52.8 Å². The van der Waals surface area contributed by atoms with Crippen LogP contribution in [0.2, 0.25) is 0 Å². The fourth-order valence-corrected chi connectivity index (χ4v) is 4.41. The zero-order valence-electron chi connectivity index (χ0n) is 18.2. The number of nitrogens with one attached hydrogen (secondary N) is 1. The summed E-state index contributed by atoms with van der Waals surface area (Å²) in [5, 5.41) is 4.93. The van der Waals surface area contributed by atoms with Gasteiger partial charge in [0.05, 0.1) is 23.5 Å². The molecule has 2 amide bonds.